The van der Waals surface area contributed by atoms with E-state index in [-0.39, 0.29) is 18.6 Å². The number of nitrogens with zero attached hydrogens (tertiary/aromatic N) is 3. The average Bonchev–Trinajstić information content (AvgIpc) is 3.38. The third-order valence-corrected chi connectivity index (χ3v) is 6.35. The van der Waals surface area contributed by atoms with E-state index in [1.54, 1.807) is 25.3 Å². The molecule has 3 aromatic rings. The summed E-state index contributed by atoms with van der Waals surface area (Å²) >= 11 is 1.49. The van der Waals surface area contributed by atoms with Crippen molar-refractivity contribution in [2.75, 3.05) is 19.8 Å². The van der Waals surface area contributed by atoms with Crippen molar-refractivity contribution in [2.45, 2.75) is 51.4 Å². The number of alkyl carbamates (subject to hydrolysis) is 1. The molecule has 1 aliphatic heterocycles. The summed E-state index contributed by atoms with van der Waals surface area (Å²) in [4.78, 5) is 17.0. The summed E-state index contributed by atoms with van der Waals surface area (Å²) in [6, 6.07) is 5.25. The van der Waals surface area contributed by atoms with Crippen molar-refractivity contribution in [3.63, 3.8) is 0 Å². The van der Waals surface area contributed by atoms with Crippen LogP contribution in [-0.2, 0) is 15.9 Å². The molecule has 2 atom stereocenters. The van der Waals surface area contributed by atoms with Crippen molar-refractivity contribution in [1.29, 1.82) is 0 Å². The molecule has 32 heavy (non-hydrogen) atoms. The van der Waals surface area contributed by atoms with Crippen LogP contribution in [0.5, 0.6) is 5.75 Å². The van der Waals surface area contributed by atoms with E-state index in [1.807, 2.05) is 10.7 Å². The number of phenols is 1. The van der Waals surface area contributed by atoms with E-state index >= 15 is 0 Å². The summed E-state index contributed by atoms with van der Waals surface area (Å²) < 4.78 is 13.0. The quantitative estimate of drug-likeness (QED) is 0.470. The molecule has 3 heterocycles. The lowest BCUT2D eigenvalue weighted by Crippen LogP contribution is -2.27. The van der Waals surface area contributed by atoms with Crippen LogP contribution in [0, 0.1) is 0 Å². The zero-order valence-corrected chi connectivity index (χ0v) is 18.8. The van der Waals surface area contributed by atoms with Crippen molar-refractivity contribution < 1.29 is 24.5 Å². The number of carbonyl (C=O) groups is 1. The van der Waals surface area contributed by atoms with Crippen LogP contribution < -0.4 is 5.32 Å². The van der Waals surface area contributed by atoms with Gasteiger partial charge < -0.3 is 25.0 Å². The van der Waals surface area contributed by atoms with Crippen LogP contribution in [-0.4, -0.2) is 56.9 Å². The first kappa shape index (κ1) is 22.5. The molecule has 1 aromatic carbocycles. The Kier molecular flexibility index (Phi) is 7.23. The van der Waals surface area contributed by atoms with Gasteiger partial charge in [-0.2, -0.15) is 5.10 Å². The van der Waals surface area contributed by atoms with Gasteiger partial charge in [0.1, 0.15) is 11.4 Å². The van der Waals surface area contributed by atoms with Gasteiger partial charge in [0.05, 0.1) is 28.1 Å². The smallest absolute Gasteiger partial charge is 0.407 e. The van der Waals surface area contributed by atoms with Crippen molar-refractivity contribution in [3.8, 4) is 16.3 Å². The molecule has 2 aromatic heterocycles. The highest BCUT2D eigenvalue weighted by molar-refractivity contribution is 7.15. The van der Waals surface area contributed by atoms with E-state index in [0.29, 0.717) is 19.4 Å². The third-order valence-electron chi connectivity index (χ3n) is 5.29. The van der Waals surface area contributed by atoms with Gasteiger partial charge in [-0.15, -0.1) is 11.3 Å². The fraction of sp³-hybridized carbons (Fsp3) is 0.500. The predicted octanol–water partition coefficient (Wildman–Crippen LogP) is 3.60. The first-order chi connectivity index (χ1) is 15.5. The summed E-state index contributed by atoms with van der Waals surface area (Å²) in [5, 5.41) is 28.4. The SMILES string of the molecule is C[C@H](O)CCNC(=O)OCCc1ncc(-c2nn(C3CCCCO3)c3ccc(O)cc23)s1. The highest BCUT2D eigenvalue weighted by atomic mass is 32.1. The number of ether oxygens (including phenoxy) is 2. The molecule has 0 saturated carbocycles. The summed E-state index contributed by atoms with van der Waals surface area (Å²) in [5.41, 5.74) is 1.67. The molecule has 1 fully saturated rings. The normalized spacial score (nSPS) is 17.4. The number of aliphatic hydroxyl groups excluding tert-OH is 1. The zero-order chi connectivity index (χ0) is 22.5. The summed E-state index contributed by atoms with van der Waals surface area (Å²) in [6.07, 6.45) is 4.71. The van der Waals surface area contributed by atoms with Gasteiger partial charge in [-0.1, -0.05) is 0 Å². The van der Waals surface area contributed by atoms with E-state index in [9.17, 15) is 15.0 Å². The highest BCUT2D eigenvalue weighted by Crippen LogP contribution is 2.36. The number of nitrogens with one attached hydrogen (secondary N) is 1. The second-order valence-corrected chi connectivity index (χ2v) is 9.00. The van der Waals surface area contributed by atoms with E-state index < -0.39 is 12.2 Å². The van der Waals surface area contributed by atoms with Gasteiger partial charge >= 0.3 is 6.09 Å². The third kappa shape index (κ3) is 5.37. The first-order valence-corrected chi connectivity index (χ1v) is 11.7. The number of phenolic OH excluding ortho intramolecular Hbond substituents is 1. The maximum Gasteiger partial charge on any atom is 0.407 e. The molecule has 0 radical (unpaired) electrons. The fourth-order valence-corrected chi connectivity index (χ4v) is 4.55. The Morgan fingerprint density at radius 2 is 2.31 bits per heavy atom. The largest absolute Gasteiger partial charge is 0.508 e. The molecule has 0 bridgehead atoms. The second kappa shape index (κ2) is 10.3. The molecule has 172 valence electrons. The summed E-state index contributed by atoms with van der Waals surface area (Å²) in [5.74, 6) is 0.183. The van der Waals surface area contributed by atoms with Crippen LogP contribution in [0.15, 0.2) is 24.4 Å². The molecule has 10 heteroatoms. The Morgan fingerprint density at radius 1 is 1.44 bits per heavy atom. The van der Waals surface area contributed by atoms with Crippen LogP contribution in [0.3, 0.4) is 0 Å². The monoisotopic (exact) mass is 460 g/mol. The van der Waals surface area contributed by atoms with E-state index in [2.05, 4.69) is 10.3 Å². The number of amides is 1. The van der Waals surface area contributed by atoms with Gasteiger partial charge in [-0.05, 0) is 50.8 Å². The standard InChI is InChI=1S/C22H28N4O5S/c1-14(27)7-9-23-22(29)31-11-8-19-24-13-18(32-19)21-16-12-15(28)5-6-17(16)26(25-21)20-4-2-3-10-30-20/h5-6,12-14,20,27-28H,2-4,7-11H2,1H3,(H,23,29)/t14-,20?/m0/s1. The minimum Gasteiger partial charge on any atom is -0.508 e. The van der Waals surface area contributed by atoms with Crippen molar-refractivity contribution >= 4 is 28.3 Å². The molecule has 1 amide bonds. The number of carbonyl (C=O) groups excluding carboxylic acids is 1. The number of fused-ring (bicyclic) bond motifs is 1. The Bertz CT molecular complexity index is 1060. The molecular formula is C22H28N4O5S. The first-order valence-electron chi connectivity index (χ1n) is 10.9. The van der Waals surface area contributed by atoms with Gasteiger partial charge in [-0.3, -0.25) is 0 Å². The molecule has 1 unspecified atom stereocenters. The van der Waals surface area contributed by atoms with E-state index in [1.165, 1.54) is 11.3 Å². The summed E-state index contributed by atoms with van der Waals surface area (Å²) in [7, 11) is 0. The Hall–Kier alpha value is -2.69. The van der Waals surface area contributed by atoms with Crippen molar-refractivity contribution in [3.05, 3.63) is 29.4 Å². The highest BCUT2D eigenvalue weighted by Gasteiger charge is 2.23. The molecule has 9 nitrogen and oxygen atoms in total. The van der Waals surface area contributed by atoms with Crippen LogP contribution in [0.4, 0.5) is 4.79 Å². The van der Waals surface area contributed by atoms with E-state index in [4.69, 9.17) is 14.6 Å². The van der Waals surface area contributed by atoms with Gasteiger partial charge in [-0.25, -0.2) is 14.5 Å². The number of aromatic hydroxyl groups is 1. The van der Waals surface area contributed by atoms with Gasteiger partial charge in [0.2, 0.25) is 0 Å². The van der Waals surface area contributed by atoms with Crippen LogP contribution in [0.25, 0.3) is 21.5 Å². The number of aromatic nitrogens is 3. The minimum absolute atomic E-state index is 0.113. The lowest BCUT2D eigenvalue weighted by Gasteiger charge is -2.23. The number of hydrogen-bond donors (Lipinski definition) is 3. The lowest BCUT2D eigenvalue weighted by molar-refractivity contribution is -0.0365. The Balaban J connectivity index is 1.45. The number of hydrogen-bond acceptors (Lipinski definition) is 8. The van der Waals surface area contributed by atoms with Gasteiger partial charge in [0.15, 0.2) is 6.23 Å². The maximum absolute atomic E-state index is 11.7. The zero-order valence-electron chi connectivity index (χ0n) is 18.0. The van der Waals surface area contributed by atoms with Gasteiger partial charge in [0.25, 0.3) is 0 Å². The number of thiazole rings is 1. The molecular weight excluding hydrogens is 432 g/mol. The summed E-state index contributed by atoms with van der Waals surface area (Å²) in [6.45, 7) is 2.96. The Labute approximate surface area is 190 Å². The molecule has 3 N–H and O–H groups in total. The minimum atomic E-state index is -0.505. The van der Waals surface area contributed by atoms with Crippen molar-refractivity contribution in [2.24, 2.45) is 0 Å². The van der Waals surface area contributed by atoms with Crippen LogP contribution in [0.2, 0.25) is 0 Å². The van der Waals surface area contributed by atoms with Crippen LogP contribution in [0.1, 0.15) is 43.8 Å². The van der Waals surface area contributed by atoms with Gasteiger partial charge in [0, 0.05) is 31.2 Å². The predicted molar refractivity (Wildman–Crippen MR) is 121 cm³/mol. The van der Waals surface area contributed by atoms with E-state index in [0.717, 1.165) is 52.4 Å². The molecule has 4 rings (SSSR count). The topological polar surface area (TPSA) is 119 Å². The molecule has 0 spiro atoms. The number of benzene rings is 1. The number of aliphatic hydroxyl groups is 1. The number of rotatable bonds is 8. The average molecular weight is 461 g/mol. The second-order valence-electron chi connectivity index (χ2n) is 7.88. The Morgan fingerprint density at radius 3 is 3.09 bits per heavy atom. The van der Waals surface area contributed by atoms with Crippen molar-refractivity contribution in [1.82, 2.24) is 20.1 Å². The van der Waals surface area contributed by atoms with Crippen LogP contribution >= 0.6 is 11.3 Å². The lowest BCUT2D eigenvalue weighted by atomic mass is 10.1. The maximum atomic E-state index is 11.7. The molecule has 1 saturated heterocycles. The molecule has 1 aliphatic rings. The molecule has 0 aliphatic carbocycles. The fourth-order valence-electron chi connectivity index (χ4n) is 3.65.